The molecule has 1 unspecified atom stereocenters. The van der Waals surface area contributed by atoms with E-state index in [1.165, 1.54) is 18.4 Å². The SMILES string of the molecule is ClC(CCc1ccccc1)C1CC1. The number of hydrogen-bond donors (Lipinski definition) is 0. The predicted octanol–water partition coefficient (Wildman–Crippen LogP) is 3.64. The molecule has 2 rings (SSSR count). The van der Waals surface area contributed by atoms with Crippen molar-refractivity contribution in [2.75, 3.05) is 0 Å². The minimum atomic E-state index is 0.417. The molecule has 1 aliphatic rings. The van der Waals surface area contributed by atoms with E-state index in [1.807, 2.05) is 0 Å². The summed E-state index contributed by atoms with van der Waals surface area (Å²) in [5, 5.41) is 0.417. The summed E-state index contributed by atoms with van der Waals surface area (Å²) in [5.74, 6) is 0.824. The van der Waals surface area contributed by atoms with E-state index >= 15 is 0 Å². The fourth-order valence-electron chi connectivity index (χ4n) is 1.64. The van der Waals surface area contributed by atoms with Gasteiger partial charge in [-0.2, -0.15) is 0 Å². The Bertz CT molecular complexity index is 251. The number of rotatable bonds is 4. The lowest BCUT2D eigenvalue weighted by Gasteiger charge is -2.06. The zero-order valence-corrected chi connectivity index (χ0v) is 8.50. The van der Waals surface area contributed by atoms with Crippen molar-refractivity contribution in [2.45, 2.75) is 31.1 Å². The molecule has 0 bridgehead atoms. The molecule has 1 aromatic rings. The number of benzene rings is 1. The van der Waals surface area contributed by atoms with Crippen LogP contribution in [0.25, 0.3) is 0 Å². The van der Waals surface area contributed by atoms with Crippen LogP contribution in [0.15, 0.2) is 30.3 Å². The van der Waals surface area contributed by atoms with Crippen LogP contribution in [0.1, 0.15) is 24.8 Å². The van der Waals surface area contributed by atoms with Crippen LogP contribution >= 0.6 is 11.6 Å². The number of halogens is 1. The Morgan fingerprint density at radius 1 is 1.23 bits per heavy atom. The molecule has 1 aliphatic carbocycles. The second-order valence-electron chi connectivity index (χ2n) is 3.88. The number of alkyl halides is 1. The van der Waals surface area contributed by atoms with Gasteiger partial charge in [0.15, 0.2) is 0 Å². The topological polar surface area (TPSA) is 0 Å². The standard InChI is InChI=1S/C12H15Cl/c13-12(11-7-8-11)9-6-10-4-2-1-3-5-10/h1-5,11-12H,6-9H2. The van der Waals surface area contributed by atoms with Crippen LogP contribution in [-0.4, -0.2) is 5.38 Å². The largest absolute Gasteiger partial charge is 0.123 e. The number of hydrogen-bond acceptors (Lipinski definition) is 0. The van der Waals surface area contributed by atoms with Gasteiger partial charge in [-0.05, 0) is 37.2 Å². The molecule has 1 heteroatoms. The van der Waals surface area contributed by atoms with E-state index in [4.69, 9.17) is 11.6 Å². The summed E-state index contributed by atoms with van der Waals surface area (Å²) in [7, 11) is 0. The molecule has 1 aromatic carbocycles. The molecule has 70 valence electrons. The highest BCUT2D eigenvalue weighted by Gasteiger charge is 2.28. The van der Waals surface area contributed by atoms with E-state index in [0.717, 1.165) is 18.8 Å². The zero-order valence-electron chi connectivity index (χ0n) is 7.75. The lowest BCUT2D eigenvalue weighted by atomic mass is 10.1. The monoisotopic (exact) mass is 194 g/mol. The smallest absolute Gasteiger partial charge is 0.0367 e. The molecule has 0 saturated heterocycles. The van der Waals surface area contributed by atoms with E-state index in [9.17, 15) is 0 Å². The molecule has 0 amide bonds. The van der Waals surface area contributed by atoms with Gasteiger partial charge in [0.05, 0.1) is 0 Å². The highest BCUT2D eigenvalue weighted by molar-refractivity contribution is 6.20. The van der Waals surface area contributed by atoms with Gasteiger partial charge in [-0.1, -0.05) is 30.3 Å². The first-order valence-corrected chi connectivity index (χ1v) is 5.48. The van der Waals surface area contributed by atoms with Gasteiger partial charge in [-0.25, -0.2) is 0 Å². The fraction of sp³-hybridized carbons (Fsp3) is 0.500. The third-order valence-corrected chi connectivity index (χ3v) is 3.26. The first-order valence-electron chi connectivity index (χ1n) is 5.04. The highest BCUT2D eigenvalue weighted by atomic mass is 35.5. The summed E-state index contributed by atoms with van der Waals surface area (Å²) in [4.78, 5) is 0. The molecule has 0 aromatic heterocycles. The summed E-state index contributed by atoms with van der Waals surface area (Å²) in [5.41, 5.74) is 1.41. The third-order valence-electron chi connectivity index (χ3n) is 2.69. The van der Waals surface area contributed by atoms with Gasteiger partial charge >= 0.3 is 0 Å². The van der Waals surface area contributed by atoms with E-state index in [0.29, 0.717) is 5.38 Å². The summed E-state index contributed by atoms with van der Waals surface area (Å²) < 4.78 is 0. The lowest BCUT2D eigenvalue weighted by Crippen LogP contribution is -2.02. The van der Waals surface area contributed by atoms with Crippen molar-refractivity contribution in [2.24, 2.45) is 5.92 Å². The normalized spacial score (nSPS) is 18.5. The van der Waals surface area contributed by atoms with Crippen LogP contribution in [0.5, 0.6) is 0 Å². The van der Waals surface area contributed by atoms with Crippen molar-refractivity contribution in [3.8, 4) is 0 Å². The average molecular weight is 195 g/mol. The Labute approximate surface area is 84.9 Å². The van der Waals surface area contributed by atoms with E-state index in [-0.39, 0.29) is 0 Å². The van der Waals surface area contributed by atoms with Gasteiger partial charge in [0.1, 0.15) is 0 Å². The minimum absolute atomic E-state index is 0.417. The first kappa shape index (κ1) is 9.08. The number of aryl methyl sites for hydroxylation is 1. The Kier molecular flexibility index (Phi) is 2.90. The molecule has 0 spiro atoms. The molecule has 0 N–H and O–H groups in total. The maximum absolute atomic E-state index is 6.23. The van der Waals surface area contributed by atoms with Crippen molar-refractivity contribution >= 4 is 11.6 Å². The van der Waals surface area contributed by atoms with Crippen LogP contribution in [-0.2, 0) is 6.42 Å². The molecule has 0 nitrogen and oxygen atoms in total. The van der Waals surface area contributed by atoms with Crippen LogP contribution in [0.3, 0.4) is 0 Å². The Balaban J connectivity index is 1.78. The average Bonchev–Trinajstić information content (AvgIpc) is 2.99. The van der Waals surface area contributed by atoms with Gasteiger partial charge in [-0.15, -0.1) is 11.6 Å². The second kappa shape index (κ2) is 4.15. The lowest BCUT2D eigenvalue weighted by molar-refractivity contribution is 0.676. The summed E-state index contributed by atoms with van der Waals surface area (Å²) in [6.45, 7) is 0. The molecule has 1 saturated carbocycles. The Morgan fingerprint density at radius 3 is 2.54 bits per heavy atom. The molecule has 13 heavy (non-hydrogen) atoms. The molecule has 0 heterocycles. The van der Waals surface area contributed by atoms with Crippen molar-refractivity contribution in [3.05, 3.63) is 35.9 Å². The molecular formula is C12H15Cl. The van der Waals surface area contributed by atoms with E-state index in [2.05, 4.69) is 30.3 Å². The summed E-state index contributed by atoms with van der Waals surface area (Å²) >= 11 is 6.23. The first-order chi connectivity index (χ1) is 6.36. The van der Waals surface area contributed by atoms with Gasteiger partial charge < -0.3 is 0 Å². The van der Waals surface area contributed by atoms with Crippen molar-refractivity contribution in [1.82, 2.24) is 0 Å². The second-order valence-corrected chi connectivity index (χ2v) is 4.44. The van der Waals surface area contributed by atoms with Gasteiger partial charge in [0.25, 0.3) is 0 Å². The molecular weight excluding hydrogens is 180 g/mol. The van der Waals surface area contributed by atoms with Crippen molar-refractivity contribution in [3.63, 3.8) is 0 Å². The molecule has 1 atom stereocenters. The minimum Gasteiger partial charge on any atom is -0.123 e. The molecule has 0 aliphatic heterocycles. The summed E-state index contributed by atoms with van der Waals surface area (Å²) in [6.07, 6.45) is 4.97. The maximum Gasteiger partial charge on any atom is 0.0367 e. The van der Waals surface area contributed by atoms with E-state index in [1.54, 1.807) is 0 Å². The van der Waals surface area contributed by atoms with Crippen molar-refractivity contribution < 1.29 is 0 Å². The zero-order chi connectivity index (χ0) is 9.10. The maximum atomic E-state index is 6.23. The van der Waals surface area contributed by atoms with E-state index < -0.39 is 0 Å². The molecule has 1 fully saturated rings. The van der Waals surface area contributed by atoms with Crippen molar-refractivity contribution in [1.29, 1.82) is 0 Å². The Morgan fingerprint density at radius 2 is 1.92 bits per heavy atom. The Hall–Kier alpha value is -0.490. The fourth-order valence-corrected chi connectivity index (χ4v) is 2.00. The van der Waals surface area contributed by atoms with Crippen LogP contribution in [0.2, 0.25) is 0 Å². The van der Waals surface area contributed by atoms with Crippen LogP contribution < -0.4 is 0 Å². The highest BCUT2D eigenvalue weighted by Crippen LogP contribution is 2.37. The van der Waals surface area contributed by atoms with Crippen LogP contribution in [0, 0.1) is 5.92 Å². The predicted molar refractivity (Wildman–Crippen MR) is 57.1 cm³/mol. The summed E-state index contributed by atoms with van der Waals surface area (Å²) in [6, 6.07) is 10.6. The molecule has 0 radical (unpaired) electrons. The van der Waals surface area contributed by atoms with Gasteiger partial charge in [0.2, 0.25) is 0 Å². The van der Waals surface area contributed by atoms with Gasteiger partial charge in [0, 0.05) is 5.38 Å². The van der Waals surface area contributed by atoms with Crippen LogP contribution in [0.4, 0.5) is 0 Å². The van der Waals surface area contributed by atoms with Gasteiger partial charge in [-0.3, -0.25) is 0 Å². The quantitative estimate of drug-likeness (QED) is 0.643. The third kappa shape index (κ3) is 2.73.